The summed E-state index contributed by atoms with van der Waals surface area (Å²) in [6.45, 7) is 7.50. The van der Waals surface area contributed by atoms with Gasteiger partial charge >= 0.3 is 6.03 Å². The number of hydrogen-bond donors (Lipinski definition) is 4. The molecule has 0 saturated carbocycles. The van der Waals surface area contributed by atoms with E-state index in [0.717, 1.165) is 31.0 Å². The van der Waals surface area contributed by atoms with Gasteiger partial charge in [0.05, 0.1) is 45.2 Å². The van der Waals surface area contributed by atoms with Crippen molar-refractivity contribution in [2.45, 2.75) is 26.0 Å². The number of hydrogen-bond acceptors (Lipinski definition) is 5. The van der Waals surface area contributed by atoms with E-state index in [1.165, 1.54) is 19.1 Å². The van der Waals surface area contributed by atoms with E-state index in [1.54, 1.807) is 36.4 Å². The monoisotopic (exact) mass is 535 g/mol. The maximum absolute atomic E-state index is 13.6. The Bertz CT molecular complexity index is 1050. The topological polar surface area (TPSA) is 105 Å². The fraction of sp³-hybridized carbons (Fsp3) is 0.417. The molecule has 2 aromatic carbocycles. The molecule has 1 aliphatic heterocycles. The van der Waals surface area contributed by atoms with Gasteiger partial charge in [-0.1, -0.05) is 15.9 Å². The van der Waals surface area contributed by atoms with E-state index in [9.17, 15) is 14.7 Å². The van der Waals surface area contributed by atoms with Gasteiger partial charge in [-0.2, -0.15) is 0 Å². The number of anilines is 2. The van der Waals surface area contributed by atoms with Crippen LogP contribution in [0.25, 0.3) is 0 Å². The average molecular weight is 536 g/mol. The van der Waals surface area contributed by atoms with Crippen LogP contribution in [0.3, 0.4) is 0 Å². The van der Waals surface area contributed by atoms with Crippen molar-refractivity contribution in [3.63, 3.8) is 0 Å². The highest BCUT2D eigenvalue weighted by Gasteiger charge is 2.52. The molecule has 184 valence electrons. The normalized spacial score (nSPS) is 17.3. The Kier molecular flexibility index (Phi) is 8.40. The van der Waals surface area contributed by atoms with Gasteiger partial charge in [0.25, 0.3) is 11.6 Å². The standard InChI is InChI=1S/C24H31BrN4O5/c1-5-28(6-2)13-7-12-26-22(30)24(32)18-14-16(25)8-10-19(18)27-23(31)29(24)20-11-9-17(33-3)15-21(20)34-4/h8-11,14-15,32H,5-7,12-13H2,1-4H3,(H,26,30)(H,27,31)/p+1. The van der Waals surface area contributed by atoms with Crippen molar-refractivity contribution < 1.29 is 29.1 Å². The summed E-state index contributed by atoms with van der Waals surface area (Å²) in [6.07, 6.45) is 0.738. The molecule has 0 saturated heterocycles. The van der Waals surface area contributed by atoms with Crippen molar-refractivity contribution in [3.8, 4) is 11.5 Å². The molecule has 0 spiro atoms. The molecule has 0 aromatic heterocycles. The molecule has 1 unspecified atom stereocenters. The Balaban J connectivity index is 2.02. The number of ether oxygens (including phenoxy) is 2. The summed E-state index contributed by atoms with van der Waals surface area (Å²) in [4.78, 5) is 29.3. The van der Waals surface area contributed by atoms with Crippen molar-refractivity contribution >= 4 is 39.2 Å². The van der Waals surface area contributed by atoms with Gasteiger partial charge in [0.15, 0.2) is 0 Å². The second kappa shape index (κ2) is 11.1. The first kappa shape index (κ1) is 25.8. The predicted molar refractivity (Wildman–Crippen MR) is 134 cm³/mol. The molecule has 1 atom stereocenters. The highest BCUT2D eigenvalue weighted by molar-refractivity contribution is 9.10. The van der Waals surface area contributed by atoms with Crippen LogP contribution in [0, 0.1) is 0 Å². The van der Waals surface area contributed by atoms with Gasteiger partial charge in [0, 0.05) is 29.1 Å². The van der Waals surface area contributed by atoms with Crippen molar-refractivity contribution in [1.29, 1.82) is 0 Å². The molecular weight excluding hydrogens is 504 g/mol. The molecule has 1 heterocycles. The van der Waals surface area contributed by atoms with Crippen LogP contribution in [-0.2, 0) is 10.5 Å². The SMILES string of the molecule is CC[NH+](CC)CCCNC(=O)C1(O)c2cc(Br)ccc2NC(=O)N1c1ccc(OC)cc1OC. The Morgan fingerprint density at radius 3 is 2.56 bits per heavy atom. The lowest BCUT2D eigenvalue weighted by molar-refractivity contribution is -0.896. The minimum Gasteiger partial charge on any atom is -0.497 e. The van der Waals surface area contributed by atoms with Gasteiger partial charge in [-0.25, -0.2) is 9.69 Å². The molecule has 4 N–H and O–H groups in total. The highest BCUT2D eigenvalue weighted by Crippen LogP contribution is 2.44. The Morgan fingerprint density at radius 1 is 1.18 bits per heavy atom. The Labute approximate surface area is 208 Å². The van der Waals surface area contributed by atoms with Crippen LogP contribution in [0.1, 0.15) is 25.8 Å². The number of quaternary nitrogens is 1. The van der Waals surface area contributed by atoms with E-state index >= 15 is 0 Å². The summed E-state index contributed by atoms with van der Waals surface area (Å²) >= 11 is 3.41. The van der Waals surface area contributed by atoms with Crippen LogP contribution >= 0.6 is 15.9 Å². The molecular formula is C24H32BrN4O5+. The van der Waals surface area contributed by atoms with Crippen LogP contribution < -0.4 is 29.9 Å². The fourth-order valence-electron chi connectivity index (χ4n) is 4.10. The summed E-state index contributed by atoms with van der Waals surface area (Å²) in [6, 6.07) is 9.12. The lowest BCUT2D eigenvalue weighted by atomic mass is 9.94. The second-order valence-corrected chi connectivity index (χ2v) is 8.90. The van der Waals surface area contributed by atoms with Crippen LogP contribution in [-0.4, -0.2) is 57.4 Å². The number of nitrogens with one attached hydrogen (secondary N) is 3. The Hall–Kier alpha value is -2.82. The number of aliphatic hydroxyl groups is 1. The summed E-state index contributed by atoms with van der Waals surface area (Å²) in [5.74, 6) is 0.0754. The number of halogens is 1. The average Bonchev–Trinajstić information content (AvgIpc) is 2.84. The maximum atomic E-state index is 13.6. The molecule has 10 heteroatoms. The van der Waals surface area contributed by atoms with Gasteiger partial charge in [-0.15, -0.1) is 0 Å². The number of nitrogens with zero attached hydrogens (tertiary/aromatic N) is 1. The van der Waals surface area contributed by atoms with Gasteiger partial charge in [-0.05, 0) is 44.2 Å². The fourth-order valence-corrected chi connectivity index (χ4v) is 4.46. The molecule has 34 heavy (non-hydrogen) atoms. The number of carbonyl (C=O) groups is 2. The van der Waals surface area contributed by atoms with Crippen molar-refractivity contribution in [2.75, 3.05) is 50.6 Å². The number of amides is 3. The van der Waals surface area contributed by atoms with E-state index in [2.05, 4.69) is 40.4 Å². The largest absolute Gasteiger partial charge is 0.497 e. The van der Waals surface area contributed by atoms with Gasteiger partial charge < -0.3 is 30.1 Å². The quantitative estimate of drug-likeness (QED) is 0.349. The summed E-state index contributed by atoms with van der Waals surface area (Å²) in [5.41, 5.74) is -1.50. The molecule has 0 radical (unpaired) electrons. The first-order chi connectivity index (χ1) is 16.3. The number of fused-ring (bicyclic) bond motifs is 1. The van der Waals surface area contributed by atoms with Crippen molar-refractivity contribution in [2.24, 2.45) is 0 Å². The molecule has 0 fully saturated rings. The molecule has 3 amide bonds. The zero-order valence-electron chi connectivity index (χ0n) is 19.9. The predicted octanol–water partition coefficient (Wildman–Crippen LogP) is 2.09. The molecule has 0 bridgehead atoms. The zero-order valence-corrected chi connectivity index (χ0v) is 21.5. The smallest absolute Gasteiger partial charge is 0.329 e. The van der Waals surface area contributed by atoms with Crippen molar-refractivity contribution in [3.05, 3.63) is 46.4 Å². The van der Waals surface area contributed by atoms with Gasteiger partial charge in [0.2, 0.25) is 0 Å². The third-order valence-corrected chi connectivity index (χ3v) is 6.56. The molecule has 9 nitrogen and oxygen atoms in total. The number of urea groups is 1. The Morgan fingerprint density at radius 2 is 1.91 bits per heavy atom. The molecule has 3 rings (SSSR count). The first-order valence-corrected chi connectivity index (χ1v) is 12.1. The third kappa shape index (κ3) is 4.98. The maximum Gasteiger partial charge on any atom is 0.329 e. The molecule has 0 aliphatic carbocycles. The first-order valence-electron chi connectivity index (χ1n) is 11.3. The van der Waals surface area contributed by atoms with E-state index < -0.39 is 17.7 Å². The minimum absolute atomic E-state index is 0.219. The number of benzene rings is 2. The van der Waals surface area contributed by atoms with E-state index in [1.807, 2.05) is 0 Å². The summed E-state index contributed by atoms with van der Waals surface area (Å²) in [7, 11) is 2.96. The molecule has 2 aromatic rings. The van der Waals surface area contributed by atoms with Crippen LogP contribution in [0.4, 0.5) is 16.2 Å². The minimum atomic E-state index is -2.31. The summed E-state index contributed by atoms with van der Waals surface area (Å²) < 4.78 is 11.4. The van der Waals surface area contributed by atoms with Crippen LogP contribution in [0.2, 0.25) is 0 Å². The highest BCUT2D eigenvalue weighted by atomic mass is 79.9. The third-order valence-electron chi connectivity index (χ3n) is 6.06. The van der Waals surface area contributed by atoms with Crippen LogP contribution in [0.5, 0.6) is 11.5 Å². The van der Waals surface area contributed by atoms with Gasteiger partial charge in [-0.3, -0.25) is 4.79 Å². The lowest BCUT2D eigenvalue weighted by Crippen LogP contribution is -3.11. The van der Waals surface area contributed by atoms with Crippen LogP contribution in [0.15, 0.2) is 40.9 Å². The van der Waals surface area contributed by atoms with Crippen molar-refractivity contribution in [1.82, 2.24) is 5.32 Å². The second-order valence-electron chi connectivity index (χ2n) is 7.98. The van der Waals surface area contributed by atoms with E-state index in [0.29, 0.717) is 22.5 Å². The lowest BCUT2D eigenvalue weighted by Gasteiger charge is -2.43. The van der Waals surface area contributed by atoms with E-state index in [-0.39, 0.29) is 17.0 Å². The number of rotatable bonds is 10. The van der Waals surface area contributed by atoms with Gasteiger partial charge in [0.1, 0.15) is 11.5 Å². The number of methoxy groups -OCH3 is 2. The summed E-state index contributed by atoms with van der Waals surface area (Å²) in [5, 5.41) is 17.6. The molecule has 1 aliphatic rings. The zero-order chi connectivity index (χ0) is 24.9. The number of carbonyl (C=O) groups excluding carboxylic acids is 2. The van der Waals surface area contributed by atoms with E-state index in [4.69, 9.17) is 9.47 Å².